The summed E-state index contributed by atoms with van der Waals surface area (Å²) in [5, 5.41) is 5.67. The van der Waals surface area contributed by atoms with Gasteiger partial charge in [0.2, 0.25) is 5.91 Å². The molecule has 2 aromatic rings. The van der Waals surface area contributed by atoms with Crippen LogP contribution in [0, 0.1) is 13.8 Å². The number of aryl methyl sites for hydroxylation is 2. The molecule has 2 N–H and O–H groups in total. The number of nitrogens with one attached hydrogen (secondary N) is 2. The first-order valence-electron chi connectivity index (χ1n) is 8.09. The van der Waals surface area contributed by atoms with Crippen LogP contribution >= 0.6 is 0 Å². The summed E-state index contributed by atoms with van der Waals surface area (Å²) in [5.41, 5.74) is 4.38. The lowest BCUT2D eigenvalue weighted by molar-refractivity contribution is -0.117. The summed E-state index contributed by atoms with van der Waals surface area (Å²) < 4.78 is 0. The normalized spacial score (nSPS) is 13.9. The summed E-state index contributed by atoms with van der Waals surface area (Å²) >= 11 is 0. The lowest BCUT2D eigenvalue weighted by Gasteiger charge is -2.19. The average molecular weight is 323 g/mol. The first-order chi connectivity index (χ1) is 11.5. The predicted octanol–water partition coefficient (Wildman–Crippen LogP) is 4.07. The Hall–Kier alpha value is -2.82. The molecule has 3 rings (SSSR count). The fourth-order valence-corrected chi connectivity index (χ4v) is 2.94. The Balaban J connectivity index is 1.69. The molecule has 0 atom stereocenters. The third-order valence-electron chi connectivity index (χ3n) is 4.21. The van der Waals surface area contributed by atoms with E-state index in [1.807, 2.05) is 61.2 Å². The molecule has 0 radical (unpaired) electrons. The van der Waals surface area contributed by atoms with Crippen molar-refractivity contribution in [2.75, 3.05) is 22.1 Å². The standard InChI is InChI=1S/C19H21N3O2/c1-13-6-3-4-7-16(13)21-19(24)20-15-9-10-17(14(2)12-15)22-11-5-8-18(22)23/h3-4,6-7,9-10,12H,5,8,11H2,1-2H3,(H2,20,21,24). The Labute approximate surface area is 141 Å². The summed E-state index contributed by atoms with van der Waals surface area (Å²) in [6.07, 6.45) is 1.51. The number of anilines is 3. The molecule has 5 heteroatoms. The molecule has 1 heterocycles. The molecule has 1 aliphatic rings. The highest BCUT2D eigenvalue weighted by molar-refractivity contribution is 6.01. The van der Waals surface area contributed by atoms with E-state index in [9.17, 15) is 9.59 Å². The smallest absolute Gasteiger partial charge is 0.312 e. The molecule has 0 bridgehead atoms. The van der Waals surface area contributed by atoms with Gasteiger partial charge in [-0.15, -0.1) is 0 Å². The van der Waals surface area contributed by atoms with E-state index in [2.05, 4.69) is 10.6 Å². The topological polar surface area (TPSA) is 61.4 Å². The van der Waals surface area contributed by atoms with E-state index in [0.717, 1.165) is 35.5 Å². The van der Waals surface area contributed by atoms with Crippen molar-refractivity contribution >= 4 is 29.0 Å². The van der Waals surface area contributed by atoms with Crippen LogP contribution in [0.2, 0.25) is 0 Å². The molecule has 24 heavy (non-hydrogen) atoms. The fourth-order valence-electron chi connectivity index (χ4n) is 2.94. The van der Waals surface area contributed by atoms with E-state index < -0.39 is 0 Å². The van der Waals surface area contributed by atoms with Crippen LogP contribution in [0.3, 0.4) is 0 Å². The van der Waals surface area contributed by atoms with Crippen LogP contribution in [0.25, 0.3) is 0 Å². The van der Waals surface area contributed by atoms with E-state index in [1.165, 1.54) is 0 Å². The molecule has 2 aromatic carbocycles. The molecule has 1 aliphatic heterocycles. The van der Waals surface area contributed by atoms with Crippen molar-refractivity contribution < 1.29 is 9.59 Å². The van der Waals surface area contributed by atoms with E-state index in [0.29, 0.717) is 12.1 Å². The van der Waals surface area contributed by atoms with Crippen LogP contribution in [0.5, 0.6) is 0 Å². The number of hydrogen-bond acceptors (Lipinski definition) is 2. The number of amides is 3. The minimum Gasteiger partial charge on any atom is -0.312 e. The van der Waals surface area contributed by atoms with Crippen molar-refractivity contribution in [2.24, 2.45) is 0 Å². The second-order valence-electron chi connectivity index (χ2n) is 6.04. The highest BCUT2D eigenvalue weighted by Gasteiger charge is 2.23. The second-order valence-corrected chi connectivity index (χ2v) is 6.04. The summed E-state index contributed by atoms with van der Waals surface area (Å²) in [7, 11) is 0. The maximum Gasteiger partial charge on any atom is 0.323 e. The van der Waals surface area contributed by atoms with Crippen molar-refractivity contribution in [1.29, 1.82) is 0 Å². The van der Waals surface area contributed by atoms with Gasteiger partial charge in [-0.05, 0) is 55.7 Å². The van der Waals surface area contributed by atoms with Crippen molar-refractivity contribution in [1.82, 2.24) is 0 Å². The quantitative estimate of drug-likeness (QED) is 0.894. The summed E-state index contributed by atoms with van der Waals surface area (Å²) in [4.78, 5) is 25.8. The third kappa shape index (κ3) is 3.40. The SMILES string of the molecule is Cc1ccccc1NC(=O)Nc1ccc(N2CCCC2=O)c(C)c1. The number of urea groups is 1. The highest BCUT2D eigenvalue weighted by atomic mass is 16.2. The number of para-hydroxylation sites is 1. The minimum absolute atomic E-state index is 0.163. The number of carbonyl (C=O) groups excluding carboxylic acids is 2. The number of rotatable bonds is 3. The highest BCUT2D eigenvalue weighted by Crippen LogP contribution is 2.27. The summed E-state index contributed by atoms with van der Waals surface area (Å²) in [6.45, 7) is 4.66. The number of carbonyl (C=O) groups is 2. The van der Waals surface area contributed by atoms with Gasteiger partial charge in [-0.2, -0.15) is 0 Å². The van der Waals surface area contributed by atoms with Gasteiger partial charge in [-0.25, -0.2) is 4.79 Å². The van der Waals surface area contributed by atoms with Crippen molar-refractivity contribution in [3.63, 3.8) is 0 Å². The fraction of sp³-hybridized carbons (Fsp3) is 0.263. The molecular weight excluding hydrogens is 302 g/mol. The van der Waals surface area contributed by atoms with Gasteiger partial charge in [0, 0.05) is 30.0 Å². The van der Waals surface area contributed by atoms with Crippen LogP contribution in [-0.4, -0.2) is 18.5 Å². The lowest BCUT2D eigenvalue weighted by atomic mass is 10.1. The molecule has 0 aromatic heterocycles. The van der Waals surface area contributed by atoms with E-state index >= 15 is 0 Å². The van der Waals surface area contributed by atoms with Gasteiger partial charge >= 0.3 is 6.03 Å². The van der Waals surface area contributed by atoms with Crippen LogP contribution in [0.1, 0.15) is 24.0 Å². The molecule has 0 saturated carbocycles. The Morgan fingerprint density at radius 2 is 1.83 bits per heavy atom. The molecule has 5 nitrogen and oxygen atoms in total. The van der Waals surface area contributed by atoms with Crippen molar-refractivity contribution in [2.45, 2.75) is 26.7 Å². The maximum absolute atomic E-state index is 12.2. The molecular formula is C19H21N3O2. The van der Waals surface area contributed by atoms with Gasteiger partial charge in [-0.1, -0.05) is 18.2 Å². The Morgan fingerprint density at radius 1 is 1.04 bits per heavy atom. The monoisotopic (exact) mass is 323 g/mol. The first-order valence-corrected chi connectivity index (χ1v) is 8.09. The predicted molar refractivity (Wildman–Crippen MR) is 96.6 cm³/mol. The van der Waals surface area contributed by atoms with Crippen LogP contribution < -0.4 is 15.5 Å². The van der Waals surface area contributed by atoms with E-state index in [4.69, 9.17) is 0 Å². The average Bonchev–Trinajstić information content (AvgIpc) is 2.96. The molecule has 0 spiro atoms. The zero-order valence-corrected chi connectivity index (χ0v) is 13.9. The number of nitrogens with zero attached hydrogens (tertiary/aromatic N) is 1. The van der Waals surface area contributed by atoms with Gasteiger partial charge < -0.3 is 15.5 Å². The molecule has 0 aliphatic carbocycles. The third-order valence-corrected chi connectivity index (χ3v) is 4.21. The van der Waals surface area contributed by atoms with Crippen molar-refractivity contribution in [3.8, 4) is 0 Å². The van der Waals surface area contributed by atoms with Crippen molar-refractivity contribution in [3.05, 3.63) is 53.6 Å². The largest absolute Gasteiger partial charge is 0.323 e. The molecule has 3 amide bonds. The Bertz CT molecular complexity index is 786. The number of hydrogen-bond donors (Lipinski definition) is 2. The van der Waals surface area contributed by atoms with Crippen LogP contribution in [0.4, 0.5) is 21.9 Å². The van der Waals surface area contributed by atoms with Gasteiger partial charge in [0.1, 0.15) is 0 Å². The van der Waals surface area contributed by atoms with Gasteiger partial charge in [0.15, 0.2) is 0 Å². The van der Waals surface area contributed by atoms with E-state index in [-0.39, 0.29) is 11.9 Å². The second kappa shape index (κ2) is 6.74. The molecule has 1 saturated heterocycles. The zero-order valence-electron chi connectivity index (χ0n) is 13.9. The summed E-state index contributed by atoms with van der Waals surface area (Å²) in [6, 6.07) is 12.9. The van der Waals surface area contributed by atoms with Crippen LogP contribution in [0.15, 0.2) is 42.5 Å². The molecule has 0 unspecified atom stereocenters. The molecule has 124 valence electrons. The van der Waals surface area contributed by atoms with Crippen LogP contribution in [-0.2, 0) is 4.79 Å². The van der Waals surface area contributed by atoms with E-state index in [1.54, 1.807) is 0 Å². The maximum atomic E-state index is 12.2. The van der Waals surface area contributed by atoms with Gasteiger partial charge in [-0.3, -0.25) is 4.79 Å². The zero-order chi connectivity index (χ0) is 17.1. The first kappa shape index (κ1) is 16.1. The van der Waals surface area contributed by atoms with Gasteiger partial charge in [0.05, 0.1) is 0 Å². The Kier molecular flexibility index (Phi) is 4.51. The lowest BCUT2D eigenvalue weighted by Crippen LogP contribution is -2.24. The minimum atomic E-state index is -0.284. The summed E-state index contributed by atoms with van der Waals surface area (Å²) in [5.74, 6) is 0.163. The van der Waals surface area contributed by atoms with Gasteiger partial charge in [0.25, 0.3) is 0 Å². The number of benzene rings is 2. The molecule has 1 fully saturated rings. The Morgan fingerprint density at radius 3 is 2.50 bits per heavy atom.